The maximum Gasteiger partial charge on any atom is 0.494 e. The van der Waals surface area contributed by atoms with Gasteiger partial charge in [0.15, 0.2) is 17.0 Å². The molecule has 6 aliphatic heterocycles. The van der Waals surface area contributed by atoms with E-state index in [0.717, 1.165) is 48.2 Å². The second-order valence-corrected chi connectivity index (χ2v) is 33.9. The standard InChI is InChI=1S/C22H22FN5O.C20H27BFN3O3.C14H15BrFN3O.C12H24B2O4.C8H7BrN2/c1-14-12-28-13-16(4-6-19(28)24-14)15-3-5-18-17(11-15)20(29)26-21(25-18)22(23)7-9-27(2)10-8-22;1-18(2)19(3,4)28-21(27-18)13-6-7-15-14(12-13)16(26)24-17(23-15)20(22)8-10-25(5)11-9-20;1-19-6-4-14(16,5-7-19)13-17-11-3-2-9(15)8-10(11)12(20)18-13;1-9(2)10(3,4)16-13(15-9)14-17-11(5,6)12(7,8)18-14;1-6-4-11-5-7(9)2-3-8(11)10-6/h3-6,11-13H,7-10H2,1-2H3,(H,25,26,29);6-7,12H,8-11H2,1-5H3,(H,23,24,26);2-3,8H,4-7H2,1H3,(H,17,18,20);1-8H3;2-5H,1H3. The average Bonchev–Trinajstić information content (AvgIpc) is 1.52. The first-order valence-corrected chi connectivity index (χ1v) is 37.7. The Kier molecular flexibility index (Phi) is 21.8. The molecule has 22 nitrogen and oxygen atoms in total. The van der Waals surface area contributed by atoms with Crippen LogP contribution in [0.4, 0.5) is 13.2 Å². The summed E-state index contributed by atoms with van der Waals surface area (Å²) in [6.07, 6.45) is 9.97. The summed E-state index contributed by atoms with van der Waals surface area (Å²) in [4.78, 5) is 73.8. The smallest absolute Gasteiger partial charge is 0.405 e. The van der Waals surface area contributed by atoms with Gasteiger partial charge in [-0.05, 0) is 217 Å². The quantitative estimate of drug-likeness (QED) is 0.131. The molecule has 0 spiro atoms. The molecule has 10 aromatic rings. The molecule has 30 heteroatoms. The van der Waals surface area contributed by atoms with Gasteiger partial charge in [0.1, 0.15) is 28.8 Å². The summed E-state index contributed by atoms with van der Waals surface area (Å²) in [5.74, 6) is 0.429. The van der Waals surface area contributed by atoms with Gasteiger partial charge in [-0.3, -0.25) is 14.4 Å². The van der Waals surface area contributed by atoms with E-state index in [0.29, 0.717) is 111 Å². The Hall–Kier alpha value is -6.96. The van der Waals surface area contributed by atoms with Gasteiger partial charge in [0.25, 0.3) is 16.7 Å². The highest BCUT2D eigenvalue weighted by atomic mass is 79.9. The monoisotopic (exact) mass is 1580 g/mol. The zero-order valence-corrected chi connectivity index (χ0v) is 66.7. The maximum absolute atomic E-state index is 15.4. The highest BCUT2D eigenvalue weighted by Crippen LogP contribution is 2.44. The van der Waals surface area contributed by atoms with Crippen LogP contribution in [0.3, 0.4) is 0 Å². The van der Waals surface area contributed by atoms with Crippen LogP contribution < -0.4 is 22.1 Å². The lowest BCUT2D eigenvalue weighted by molar-refractivity contribution is 0.00578. The first-order chi connectivity index (χ1) is 49.5. The highest BCUT2D eigenvalue weighted by molar-refractivity contribution is 9.10. The number of hydrogen-bond donors (Lipinski definition) is 3. The van der Waals surface area contributed by atoms with Gasteiger partial charge in [-0.2, -0.15) is 0 Å². The minimum absolute atomic E-state index is 0.126. The number of likely N-dealkylation sites (tertiary alicyclic amines) is 3. The summed E-state index contributed by atoms with van der Waals surface area (Å²) in [6, 6.07) is 24.0. The fourth-order valence-electron chi connectivity index (χ4n) is 13.4. The second kappa shape index (κ2) is 29.5. The lowest BCUT2D eigenvalue weighted by Gasteiger charge is -2.33. The van der Waals surface area contributed by atoms with Gasteiger partial charge in [-0.15, -0.1) is 0 Å². The summed E-state index contributed by atoms with van der Waals surface area (Å²) in [7, 11) is 4.39. The molecule has 13 heterocycles. The number of alkyl halides is 3. The number of piperidine rings is 3. The van der Waals surface area contributed by atoms with E-state index in [1.807, 2.05) is 194 Å². The zero-order valence-electron chi connectivity index (χ0n) is 63.6. The molecular formula is C76H95B3Br2F3N13O9. The molecule has 7 aromatic heterocycles. The van der Waals surface area contributed by atoms with Crippen LogP contribution in [0.25, 0.3) is 55.1 Å². The SMILES string of the molecule is CC1(C)OB(B2OC(C)(C)C(C)(C)O2)OC1(C)C.CN1CCC(F)(c2nc3ccc(B4OC(C)(C)C(C)(C)O4)cc3c(=O)[nH]2)CC1.CN1CCC(F)(c2nc3ccc(Br)cc3c(=O)[nH]2)CC1.Cc1cn2cc(-c3ccc4nc(C5(F)CCN(C)CC5)[nH]c(=O)c4c3)ccc2n1.Cc1cn2cc(Br)ccc2n1. The van der Waals surface area contributed by atoms with E-state index in [1.165, 1.54) is 0 Å². The molecule has 16 rings (SSSR count). The number of aromatic amines is 3. The normalized spacial score (nSPS) is 21.2. The summed E-state index contributed by atoms with van der Waals surface area (Å²) >= 11 is 6.71. The zero-order chi connectivity index (χ0) is 76.6. The summed E-state index contributed by atoms with van der Waals surface area (Å²) in [6.45, 7) is 32.0. The van der Waals surface area contributed by atoms with E-state index in [2.05, 4.69) is 86.4 Å². The molecule has 3 N–H and O–H groups in total. The summed E-state index contributed by atoms with van der Waals surface area (Å²) < 4.78 is 87.6. The van der Waals surface area contributed by atoms with E-state index >= 15 is 8.78 Å². The van der Waals surface area contributed by atoms with Crippen molar-refractivity contribution in [3.05, 3.63) is 173 Å². The number of benzene rings is 3. The number of pyridine rings is 2. The Bertz CT molecular complexity index is 5020. The fraction of sp³-hybridized carbons (Fsp3) is 0.500. The van der Waals surface area contributed by atoms with Crippen molar-refractivity contribution in [3.63, 3.8) is 0 Å². The number of H-pyrrole nitrogens is 3. The van der Waals surface area contributed by atoms with Crippen molar-refractivity contribution < 1.29 is 41.1 Å². The van der Waals surface area contributed by atoms with Crippen molar-refractivity contribution in [2.24, 2.45) is 0 Å². The number of hydrogen-bond acceptors (Lipinski definition) is 17. The minimum Gasteiger partial charge on any atom is -0.405 e. The van der Waals surface area contributed by atoms with Gasteiger partial charge in [-0.25, -0.2) is 38.1 Å². The lowest BCUT2D eigenvalue weighted by Crippen LogP contribution is -2.41. The molecule has 0 aliphatic carbocycles. The Morgan fingerprint density at radius 3 is 1.14 bits per heavy atom. The number of aromatic nitrogens is 10. The van der Waals surface area contributed by atoms with Crippen molar-refractivity contribution in [2.75, 3.05) is 60.4 Å². The molecule has 562 valence electrons. The average molecular weight is 1580 g/mol. The lowest BCUT2D eigenvalue weighted by atomic mass is 9.49. The fourth-order valence-corrected chi connectivity index (χ4v) is 14.1. The number of fused-ring (bicyclic) bond motifs is 5. The molecule has 6 fully saturated rings. The number of rotatable bonds is 6. The van der Waals surface area contributed by atoms with Crippen molar-refractivity contribution in [3.8, 4) is 11.1 Å². The van der Waals surface area contributed by atoms with Crippen molar-refractivity contribution in [1.82, 2.24) is 63.4 Å². The molecule has 0 radical (unpaired) electrons. The molecule has 0 bridgehead atoms. The number of imidazole rings is 2. The Balaban J connectivity index is 0.000000128. The predicted molar refractivity (Wildman–Crippen MR) is 418 cm³/mol. The molecule has 0 saturated carbocycles. The van der Waals surface area contributed by atoms with Crippen molar-refractivity contribution in [2.45, 2.75) is 186 Å². The van der Waals surface area contributed by atoms with Crippen molar-refractivity contribution in [1.29, 1.82) is 0 Å². The largest absolute Gasteiger partial charge is 0.494 e. The maximum atomic E-state index is 15.4. The van der Waals surface area contributed by atoms with Crippen LogP contribution >= 0.6 is 31.9 Å². The van der Waals surface area contributed by atoms with Crippen LogP contribution in [0.2, 0.25) is 0 Å². The number of aryl methyl sites for hydroxylation is 2. The van der Waals surface area contributed by atoms with Gasteiger partial charge >= 0.3 is 21.1 Å². The van der Waals surface area contributed by atoms with Crippen LogP contribution in [0.5, 0.6) is 0 Å². The molecule has 106 heavy (non-hydrogen) atoms. The van der Waals surface area contributed by atoms with Gasteiger partial charge in [0.05, 0.1) is 77.7 Å². The van der Waals surface area contributed by atoms with Crippen LogP contribution in [-0.2, 0) is 44.9 Å². The van der Waals surface area contributed by atoms with Crippen molar-refractivity contribution >= 4 is 102 Å². The van der Waals surface area contributed by atoms with Crippen LogP contribution in [0.15, 0.2) is 127 Å². The van der Waals surface area contributed by atoms with E-state index in [4.69, 9.17) is 27.9 Å². The van der Waals surface area contributed by atoms with Crippen LogP contribution in [-0.4, -0.2) is 179 Å². The Morgan fingerprint density at radius 2 is 0.726 bits per heavy atom. The molecule has 0 atom stereocenters. The van der Waals surface area contributed by atoms with Gasteiger partial charge in [-0.1, -0.05) is 28.1 Å². The molecular weight excluding hydrogens is 1490 g/mol. The molecule has 3 aromatic carbocycles. The van der Waals surface area contributed by atoms with Gasteiger partial charge in [0.2, 0.25) is 0 Å². The van der Waals surface area contributed by atoms with E-state index in [1.54, 1.807) is 36.4 Å². The topological polar surface area (TPSA) is 237 Å². The number of halogens is 5. The summed E-state index contributed by atoms with van der Waals surface area (Å²) in [5, 5.41) is 1.34. The minimum atomic E-state index is -1.59. The first-order valence-electron chi connectivity index (χ1n) is 36.1. The van der Waals surface area contributed by atoms with Gasteiger partial charge < -0.3 is 66.4 Å². The third-order valence-electron chi connectivity index (χ3n) is 22.4. The van der Waals surface area contributed by atoms with Crippen LogP contribution in [0.1, 0.15) is 150 Å². The van der Waals surface area contributed by atoms with E-state index < -0.39 is 49.3 Å². The molecule has 6 saturated heterocycles. The number of nitrogens with zero attached hydrogens (tertiary/aromatic N) is 10. The van der Waals surface area contributed by atoms with Crippen LogP contribution in [0, 0.1) is 13.8 Å². The third kappa shape index (κ3) is 16.5. The highest BCUT2D eigenvalue weighted by Gasteiger charge is 2.64. The Morgan fingerprint density at radius 1 is 0.396 bits per heavy atom. The predicted octanol–water partition coefficient (Wildman–Crippen LogP) is 12.8. The van der Waals surface area contributed by atoms with E-state index in [9.17, 15) is 18.8 Å². The molecule has 6 aliphatic rings. The Labute approximate surface area is 633 Å². The molecule has 0 unspecified atom stereocenters. The van der Waals surface area contributed by atoms with E-state index in [-0.39, 0.29) is 56.6 Å². The second-order valence-electron chi connectivity index (χ2n) is 32.1. The molecule has 0 amide bonds. The number of nitrogens with one attached hydrogen (secondary N) is 3. The first kappa shape index (κ1) is 78.6. The third-order valence-corrected chi connectivity index (χ3v) is 23.4. The summed E-state index contributed by atoms with van der Waals surface area (Å²) in [5.41, 5.74) is 0.00815. The van der Waals surface area contributed by atoms with Gasteiger partial charge in [0, 0.05) is 112 Å².